The van der Waals surface area contributed by atoms with Crippen LogP contribution in [-0.4, -0.2) is 31.9 Å². The molecule has 0 heterocycles. The zero-order valence-corrected chi connectivity index (χ0v) is 13.8. The van der Waals surface area contributed by atoms with Gasteiger partial charge in [-0.15, -0.1) is 0 Å². The third-order valence-electron chi connectivity index (χ3n) is 2.63. The van der Waals surface area contributed by atoms with Crippen molar-refractivity contribution in [2.24, 2.45) is 5.10 Å². The van der Waals surface area contributed by atoms with Gasteiger partial charge in [0, 0.05) is 0 Å². The van der Waals surface area contributed by atoms with Gasteiger partial charge in [-0.1, -0.05) is 23.2 Å². The summed E-state index contributed by atoms with van der Waals surface area (Å²) in [7, 11) is 2.17. The first-order valence-electron chi connectivity index (χ1n) is 6.14. The lowest BCUT2D eigenvalue weighted by Crippen LogP contribution is -2.21. The van der Waals surface area contributed by atoms with Crippen molar-refractivity contribution in [3.05, 3.63) is 27.7 Å². The molecule has 0 unspecified atom stereocenters. The van der Waals surface area contributed by atoms with Gasteiger partial charge in [0.15, 0.2) is 5.71 Å². The maximum Gasteiger partial charge on any atom is 0.416 e. The molecular weight excluding hydrogens is 376 g/mol. The average molecular weight is 387 g/mol. The summed E-state index contributed by atoms with van der Waals surface area (Å²) in [5.41, 5.74) is 0.659. The van der Waals surface area contributed by atoms with Crippen molar-refractivity contribution in [2.75, 3.05) is 19.6 Å². The highest BCUT2D eigenvalue weighted by Crippen LogP contribution is 2.38. The molecule has 132 valence electrons. The van der Waals surface area contributed by atoms with E-state index in [9.17, 15) is 22.8 Å². The van der Waals surface area contributed by atoms with Gasteiger partial charge in [0.25, 0.3) is 0 Å². The summed E-state index contributed by atoms with van der Waals surface area (Å²) < 4.78 is 46.8. The van der Waals surface area contributed by atoms with E-state index >= 15 is 0 Å². The number of methoxy groups -OCH3 is 2. The zero-order chi connectivity index (χ0) is 18.5. The van der Waals surface area contributed by atoms with E-state index in [0.717, 1.165) is 14.2 Å². The Morgan fingerprint density at radius 2 is 1.71 bits per heavy atom. The van der Waals surface area contributed by atoms with Crippen molar-refractivity contribution in [1.82, 2.24) is 0 Å². The Balaban J connectivity index is 3.13. The highest BCUT2D eigenvalue weighted by atomic mass is 35.5. The number of rotatable bonds is 5. The van der Waals surface area contributed by atoms with E-state index in [-0.39, 0.29) is 21.4 Å². The van der Waals surface area contributed by atoms with Crippen LogP contribution in [0.1, 0.15) is 12.0 Å². The zero-order valence-electron chi connectivity index (χ0n) is 12.3. The number of halogens is 5. The Labute approximate surface area is 144 Å². The largest absolute Gasteiger partial charge is 0.469 e. The number of nitrogens with zero attached hydrogens (tertiary/aromatic N) is 1. The van der Waals surface area contributed by atoms with Gasteiger partial charge in [0.1, 0.15) is 0 Å². The van der Waals surface area contributed by atoms with Gasteiger partial charge in [-0.25, -0.2) is 4.79 Å². The Kier molecular flexibility index (Phi) is 6.85. The molecule has 1 N–H and O–H groups in total. The molecule has 0 saturated carbocycles. The van der Waals surface area contributed by atoms with Gasteiger partial charge in [0.2, 0.25) is 0 Å². The van der Waals surface area contributed by atoms with Crippen LogP contribution >= 0.6 is 23.2 Å². The number of benzene rings is 1. The van der Waals surface area contributed by atoms with E-state index < -0.39 is 30.1 Å². The average Bonchev–Trinajstić information content (AvgIpc) is 2.50. The Morgan fingerprint density at radius 3 is 2.12 bits per heavy atom. The predicted octanol–water partition coefficient (Wildman–Crippen LogP) is 3.52. The van der Waals surface area contributed by atoms with E-state index in [2.05, 4.69) is 20.0 Å². The summed E-state index contributed by atoms with van der Waals surface area (Å²) in [5.74, 6) is -1.71. The van der Waals surface area contributed by atoms with Gasteiger partial charge >= 0.3 is 18.1 Å². The highest BCUT2D eigenvalue weighted by molar-refractivity contribution is 6.40. The number of hydrazone groups is 1. The number of ether oxygens (including phenoxy) is 2. The lowest BCUT2D eigenvalue weighted by Gasteiger charge is -2.12. The molecule has 0 amide bonds. The maximum atomic E-state index is 12.6. The van der Waals surface area contributed by atoms with E-state index in [1.807, 2.05) is 0 Å². The van der Waals surface area contributed by atoms with Crippen LogP contribution in [0.15, 0.2) is 17.2 Å². The summed E-state index contributed by atoms with van der Waals surface area (Å²) in [6.45, 7) is 0. The van der Waals surface area contributed by atoms with Crippen LogP contribution in [0.25, 0.3) is 0 Å². The topological polar surface area (TPSA) is 77.0 Å². The second-order valence-electron chi connectivity index (χ2n) is 4.23. The summed E-state index contributed by atoms with van der Waals surface area (Å²) in [4.78, 5) is 22.8. The van der Waals surface area contributed by atoms with Crippen molar-refractivity contribution in [3.8, 4) is 0 Å². The number of carbonyl (C=O) groups excluding carboxylic acids is 2. The van der Waals surface area contributed by atoms with Gasteiger partial charge in [-0.2, -0.15) is 18.3 Å². The van der Waals surface area contributed by atoms with Crippen LogP contribution in [0.2, 0.25) is 10.0 Å². The molecule has 11 heteroatoms. The van der Waals surface area contributed by atoms with Crippen molar-refractivity contribution in [2.45, 2.75) is 12.6 Å². The number of carbonyl (C=O) groups is 2. The molecule has 0 aliphatic heterocycles. The van der Waals surface area contributed by atoms with Crippen LogP contribution in [0.4, 0.5) is 18.9 Å². The van der Waals surface area contributed by atoms with E-state index in [0.29, 0.717) is 12.1 Å². The van der Waals surface area contributed by atoms with Crippen LogP contribution in [0.3, 0.4) is 0 Å². The molecule has 0 aliphatic carbocycles. The third-order valence-corrected chi connectivity index (χ3v) is 3.23. The minimum atomic E-state index is -4.63. The SMILES string of the molecule is COC(=O)C/C(=N/Nc1c(Cl)cc(C(F)(F)F)cc1Cl)C(=O)OC. The number of nitrogens with one attached hydrogen (secondary N) is 1. The summed E-state index contributed by atoms with van der Waals surface area (Å²) in [6.07, 6.45) is -5.15. The van der Waals surface area contributed by atoms with Gasteiger partial charge in [-0.05, 0) is 12.1 Å². The number of anilines is 1. The van der Waals surface area contributed by atoms with Crippen LogP contribution in [-0.2, 0) is 25.2 Å². The Morgan fingerprint density at radius 1 is 1.17 bits per heavy atom. The molecule has 6 nitrogen and oxygen atoms in total. The Hall–Kier alpha value is -2.00. The second-order valence-corrected chi connectivity index (χ2v) is 5.04. The molecule has 1 rings (SSSR count). The molecule has 24 heavy (non-hydrogen) atoms. The first kappa shape index (κ1) is 20.0. The molecule has 0 fully saturated rings. The third kappa shape index (κ3) is 5.27. The summed E-state index contributed by atoms with van der Waals surface area (Å²) in [5, 5.41) is 2.86. The highest BCUT2D eigenvalue weighted by Gasteiger charge is 2.32. The number of hydrogen-bond acceptors (Lipinski definition) is 6. The quantitative estimate of drug-likeness (QED) is 0.475. The fraction of sp³-hybridized carbons (Fsp3) is 0.308. The molecule has 0 atom stereocenters. The number of alkyl halides is 3. The molecule has 1 aromatic rings. The minimum Gasteiger partial charge on any atom is -0.469 e. The predicted molar refractivity (Wildman–Crippen MR) is 81.2 cm³/mol. The monoisotopic (exact) mass is 386 g/mol. The van der Waals surface area contributed by atoms with Crippen LogP contribution in [0.5, 0.6) is 0 Å². The van der Waals surface area contributed by atoms with Crippen molar-refractivity contribution in [1.29, 1.82) is 0 Å². The van der Waals surface area contributed by atoms with Crippen LogP contribution in [0, 0.1) is 0 Å². The fourth-order valence-corrected chi connectivity index (χ4v) is 2.02. The Bertz CT molecular complexity index is 655. The minimum absolute atomic E-state index is 0.169. The molecule has 0 aromatic heterocycles. The van der Waals surface area contributed by atoms with Crippen molar-refractivity contribution in [3.63, 3.8) is 0 Å². The molecule has 0 bridgehead atoms. The van der Waals surface area contributed by atoms with Crippen molar-refractivity contribution < 1.29 is 32.2 Å². The van der Waals surface area contributed by atoms with Gasteiger partial charge in [-0.3, -0.25) is 10.2 Å². The summed E-state index contributed by atoms with van der Waals surface area (Å²) >= 11 is 11.5. The molecule has 1 aromatic carbocycles. The fourth-order valence-electron chi connectivity index (χ4n) is 1.45. The lowest BCUT2D eigenvalue weighted by atomic mass is 10.2. The first-order valence-corrected chi connectivity index (χ1v) is 6.89. The lowest BCUT2D eigenvalue weighted by molar-refractivity contribution is -0.140. The molecule has 0 saturated heterocycles. The molecular formula is C13H11Cl2F3N2O4. The van der Waals surface area contributed by atoms with E-state index in [4.69, 9.17) is 23.2 Å². The summed E-state index contributed by atoms with van der Waals surface area (Å²) in [6, 6.07) is 1.28. The normalized spacial score (nSPS) is 11.9. The molecule has 0 spiro atoms. The van der Waals surface area contributed by atoms with E-state index in [1.54, 1.807) is 0 Å². The smallest absolute Gasteiger partial charge is 0.416 e. The maximum absolute atomic E-state index is 12.6. The van der Waals surface area contributed by atoms with Gasteiger partial charge in [0.05, 0.1) is 41.9 Å². The second kappa shape index (κ2) is 8.20. The number of esters is 2. The van der Waals surface area contributed by atoms with Crippen LogP contribution < -0.4 is 5.43 Å². The van der Waals surface area contributed by atoms with Gasteiger partial charge < -0.3 is 9.47 Å². The molecule has 0 radical (unpaired) electrons. The number of hydrogen-bond donors (Lipinski definition) is 1. The van der Waals surface area contributed by atoms with Crippen molar-refractivity contribution >= 4 is 46.5 Å². The van der Waals surface area contributed by atoms with E-state index in [1.165, 1.54) is 0 Å². The molecule has 0 aliphatic rings. The standard InChI is InChI=1S/C13H11Cl2F3N2O4/c1-23-10(21)5-9(12(22)24-2)19-20-11-7(14)3-6(4-8(11)15)13(16,17)18/h3-4,20H,5H2,1-2H3/b19-9-. The first-order chi connectivity index (χ1) is 11.1.